The van der Waals surface area contributed by atoms with Gasteiger partial charge in [0.2, 0.25) is 0 Å². The number of hydrogen-bond acceptors (Lipinski definition) is 2. The lowest BCUT2D eigenvalue weighted by atomic mass is 9.70. The van der Waals surface area contributed by atoms with E-state index < -0.39 is 0 Å². The van der Waals surface area contributed by atoms with Crippen molar-refractivity contribution in [2.24, 2.45) is 5.41 Å². The number of benzene rings is 1. The number of hydrogen-bond donors (Lipinski definition) is 1. The summed E-state index contributed by atoms with van der Waals surface area (Å²) in [5, 5.41) is 12.2. The van der Waals surface area contributed by atoms with Crippen LogP contribution in [0.25, 0.3) is 0 Å². The predicted octanol–water partition coefficient (Wildman–Crippen LogP) is 2.61. The van der Waals surface area contributed by atoms with E-state index in [4.69, 9.17) is 5.26 Å². The lowest BCUT2D eigenvalue weighted by Crippen LogP contribution is -2.38. The second-order valence-corrected chi connectivity index (χ2v) is 4.44. The van der Waals surface area contributed by atoms with E-state index in [1.165, 1.54) is 6.07 Å². The smallest absolute Gasteiger partial charge is 0.127 e. The van der Waals surface area contributed by atoms with Crippen LogP contribution in [-0.4, -0.2) is 6.54 Å². The Kier molecular flexibility index (Phi) is 3.21. The first-order valence-electron chi connectivity index (χ1n) is 5.61. The Morgan fingerprint density at radius 1 is 1.38 bits per heavy atom. The molecule has 0 atom stereocenters. The standard InChI is InChI=1S/C13H15FN2/c14-12-5-2-1-4-11(12)8-16-10-13(9-15)6-3-7-13/h1-2,4-5,16H,3,6-8,10H2. The molecule has 1 aromatic carbocycles. The molecule has 0 bridgehead atoms. The van der Waals surface area contributed by atoms with Gasteiger partial charge in [-0.2, -0.15) is 5.26 Å². The summed E-state index contributed by atoms with van der Waals surface area (Å²) in [4.78, 5) is 0. The third-order valence-corrected chi connectivity index (χ3v) is 3.28. The van der Waals surface area contributed by atoms with E-state index in [0.29, 0.717) is 18.7 Å². The molecule has 1 aliphatic carbocycles. The molecular formula is C13H15FN2. The molecule has 2 nitrogen and oxygen atoms in total. The summed E-state index contributed by atoms with van der Waals surface area (Å²) in [7, 11) is 0. The van der Waals surface area contributed by atoms with Gasteiger partial charge < -0.3 is 5.32 Å². The maximum Gasteiger partial charge on any atom is 0.127 e. The van der Waals surface area contributed by atoms with E-state index in [1.807, 2.05) is 6.07 Å². The Labute approximate surface area is 95.1 Å². The van der Waals surface area contributed by atoms with Gasteiger partial charge >= 0.3 is 0 Å². The monoisotopic (exact) mass is 218 g/mol. The first-order valence-corrected chi connectivity index (χ1v) is 5.61. The minimum absolute atomic E-state index is 0.186. The van der Waals surface area contributed by atoms with E-state index in [2.05, 4.69) is 11.4 Å². The van der Waals surface area contributed by atoms with Crippen molar-refractivity contribution in [3.05, 3.63) is 35.6 Å². The highest BCUT2D eigenvalue weighted by atomic mass is 19.1. The average Bonchev–Trinajstić information content (AvgIpc) is 2.25. The fourth-order valence-electron chi connectivity index (χ4n) is 2.01. The lowest BCUT2D eigenvalue weighted by Gasteiger charge is -2.35. The Morgan fingerprint density at radius 2 is 2.12 bits per heavy atom. The number of nitrogens with zero attached hydrogens (tertiary/aromatic N) is 1. The van der Waals surface area contributed by atoms with Crippen molar-refractivity contribution >= 4 is 0 Å². The molecule has 0 heterocycles. The minimum Gasteiger partial charge on any atom is -0.311 e. The molecule has 1 fully saturated rings. The molecule has 0 saturated heterocycles. The summed E-state index contributed by atoms with van der Waals surface area (Å²) in [6.45, 7) is 1.16. The SMILES string of the molecule is N#CC1(CNCc2ccccc2F)CCC1. The summed E-state index contributed by atoms with van der Waals surface area (Å²) < 4.78 is 13.3. The largest absolute Gasteiger partial charge is 0.311 e. The first-order chi connectivity index (χ1) is 7.76. The van der Waals surface area contributed by atoms with Crippen LogP contribution in [0.3, 0.4) is 0 Å². The molecule has 0 spiro atoms. The Balaban J connectivity index is 1.85. The highest BCUT2D eigenvalue weighted by Crippen LogP contribution is 2.39. The van der Waals surface area contributed by atoms with Crippen LogP contribution in [0.1, 0.15) is 24.8 Å². The van der Waals surface area contributed by atoms with E-state index >= 15 is 0 Å². The zero-order valence-corrected chi connectivity index (χ0v) is 9.17. The van der Waals surface area contributed by atoms with Crippen LogP contribution in [0.4, 0.5) is 4.39 Å². The fourth-order valence-corrected chi connectivity index (χ4v) is 2.01. The third-order valence-electron chi connectivity index (χ3n) is 3.28. The quantitative estimate of drug-likeness (QED) is 0.843. The zero-order valence-electron chi connectivity index (χ0n) is 9.17. The summed E-state index contributed by atoms with van der Waals surface area (Å²) in [6.07, 6.45) is 3.07. The molecule has 1 N–H and O–H groups in total. The first kappa shape index (κ1) is 11.1. The molecule has 0 amide bonds. The van der Waals surface area contributed by atoms with Crippen molar-refractivity contribution in [3.63, 3.8) is 0 Å². The van der Waals surface area contributed by atoms with Crippen LogP contribution in [0.15, 0.2) is 24.3 Å². The van der Waals surface area contributed by atoms with Crippen molar-refractivity contribution in [3.8, 4) is 6.07 Å². The summed E-state index contributed by atoms with van der Waals surface area (Å²) in [5.41, 5.74) is 0.473. The molecule has 1 aliphatic rings. The number of halogens is 1. The van der Waals surface area contributed by atoms with E-state index in [1.54, 1.807) is 12.1 Å². The van der Waals surface area contributed by atoms with E-state index in [0.717, 1.165) is 19.3 Å². The van der Waals surface area contributed by atoms with Crippen LogP contribution >= 0.6 is 0 Å². The summed E-state index contributed by atoms with van der Waals surface area (Å²) >= 11 is 0. The average molecular weight is 218 g/mol. The van der Waals surface area contributed by atoms with Gasteiger partial charge in [0, 0.05) is 18.7 Å². The molecule has 0 unspecified atom stereocenters. The topological polar surface area (TPSA) is 35.8 Å². The number of nitriles is 1. The lowest BCUT2D eigenvalue weighted by molar-refractivity contribution is 0.206. The van der Waals surface area contributed by atoms with E-state index in [-0.39, 0.29) is 11.2 Å². The number of nitrogens with one attached hydrogen (secondary N) is 1. The maximum atomic E-state index is 13.3. The zero-order chi connectivity index (χ0) is 11.4. The van der Waals surface area contributed by atoms with Gasteiger partial charge in [-0.1, -0.05) is 24.6 Å². The normalized spacial score (nSPS) is 17.5. The summed E-state index contributed by atoms with van der Waals surface area (Å²) in [6, 6.07) is 9.09. The van der Waals surface area contributed by atoms with Crippen molar-refractivity contribution in [1.82, 2.24) is 5.32 Å². The Bertz CT molecular complexity index is 405. The van der Waals surface area contributed by atoms with Gasteiger partial charge in [-0.25, -0.2) is 4.39 Å². The van der Waals surface area contributed by atoms with Crippen molar-refractivity contribution < 1.29 is 4.39 Å². The molecule has 0 aromatic heterocycles. The second-order valence-electron chi connectivity index (χ2n) is 4.44. The van der Waals surface area contributed by atoms with Gasteiger partial charge in [0.1, 0.15) is 5.82 Å². The second kappa shape index (κ2) is 4.63. The van der Waals surface area contributed by atoms with Gasteiger partial charge in [0.05, 0.1) is 11.5 Å². The van der Waals surface area contributed by atoms with Gasteiger partial charge in [-0.05, 0) is 18.9 Å². The van der Waals surface area contributed by atoms with Crippen LogP contribution in [0.5, 0.6) is 0 Å². The molecule has 84 valence electrons. The van der Waals surface area contributed by atoms with Crippen LogP contribution in [-0.2, 0) is 6.54 Å². The molecule has 16 heavy (non-hydrogen) atoms. The molecule has 2 rings (SSSR count). The van der Waals surface area contributed by atoms with Crippen LogP contribution < -0.4 is 5.32 Å². The van der Waals surface area contributed by atoms with Gasteiger partial charge in [-0.3, -0.25) is 0 Å². The Morgan fingerprint density at radius 3 is 2.69 bits per heavy atom. The van der Waals surface area contributed by atoms with Gasteiger partial charge in [0.25, 0.3) is 0 Å². The van der Waals surface area contributed by atoms with E-state index in [9.17, 15) is 4.39 Å². The molecular weight excluding hydrogens is 203 g/mol. The molecule has 3 heteroatoms. The maximum absolute atomic E-state index is 13.3. The fraction of sp³-hybridized carbons (Fsp3) is 0.462. The molecule has 1 aromatic rings. The van der Waals surface area contributed by atoms with Crippen molar-refractivity contribution in [2.45, 2.75) is 25.8 Å². The molecule has 0 radical (unpaired) electrons. The molecule has 1 saturated carbocycles. The van der Waals surface area contributed by atoms with Gasteiger partial charge in [-0.15, -0.1) is 0 Å². The van der Waals surface area contributed by atoms with Crippen LogP contribution in [0, 0.1) is 22.6 Å². The minimum atomic E-state index is -0.189. The van der Waals surface area contributed by atoms with Crippen molar-refractivity contribution in [2.75, 3.05) is 6.54 Å². The Hall–Kier alpha value is -1.40. The third kappa shape index (κ3) is 2.23. The highest BCUT2D eigenvalue weighted by Gasteiger charge is 2.36. The van der Waals surface area contributed by atoms with Gasteiger partial charge in [0.15, 0.2) is 0 Å². The van der Waals surface area contributed by atoms with Crippen LogP contribution in [0.2, 0.25) is 0 Å². The number of rotatable bonds is 4. The predicted molar refractivity (Wildman–Crippen MR) is 60.0 cm³/mol. The highest BCUT2D eigenvalue weighted by molar-refractivity contribution is 5.17. The van der Waals surface area contributed by atoms with Crippen molar-refractivity contribution in [1.29, 1.82) is 5.26 Å². The summed E-state index contributed by atoms with van der Waals surface area (Å²) in [5.74, 6) is -0.186. The molecule has 0 aliphatic heterocycles.